The van der Waals surface area contributed by atoms with Gasteiger partial charge in [-0.1, -0.05) is 0 Å². The predicted molar refractivity (Wildman–Crippen MR) is 92.1 cm³/mol. The third-order valence-corrected chi connectivity index (χ3v) is 4.96. The number of rotatable bonds is 5. The van der Waals surface area contributed by atoms with E-state index in [0.29, 0.717) is 30.5 Å². The molecule has 3 heterocycles. The number of hydrogen-bond acceptors (Lipinski definition) is 5. The third kappa shape index (κ3) is 4.48. The number of nitrogens with one attached hydrogen (secondary N) is 2. The molecular weight excluding hydrogens is 373 g/mol. The maximum absolute atomic E-state index is 12.5. The van der Waals surface area contributed by atoms with E-state index in [-0.39, 0.29) is 0 Å². The van der Waals surface area contributed by atoms with E-state index in [1.807, 2.05) is 22.2 Å². The molecule has 0 fully saturated rings. The third-order valence-electron chi connectivity index (χ3n) is 3.28. The fraction of sp³-hybridized carbons (Fsp3) is 0.357. The number of imidazole rings is 1. The molecule has 11 heteroatoms. The minimum Gasteiger partial charge on any atom is -0.356 e. The second kappa shape index (κ2) is 7.40. The Kier molecular flexibility index (Phi) is 5.23. The number of aliphatic imine (C=N–C) groups is 1. The zero-order chi connectivity index (χ0) is 17.9. The number of thiazole rings is 2. The van der Waals surface area contributed by atoms with Crippen LogP contribution >= 0.6 is 22.7 Å². The SMILES string of the molecule is CN=C(NCCc1nc(C(F)(F)F)cs1)NCc1cn2ccsc2n1. The highest BCUT2D eigenvalue weighted by Gasteiger charge is 2.33. The van der Waals surface area contributed by atoms with Crippen molar-refractivity contribution in [3.8, 4) is 0 Å². The van der Waals surface area contributed by atoms with Crippen molar-refractivity contribution in [2.75, 3.05) is 13.6 Å². The molecule has 3 aromatic heterocycles. The molecule has 3 rings (SSSR count). The maximum atomic E-state index is 12.5. The number of fused-ring (bicyclic) bond motifs is 1. The smallest absolute Gasteiger partial charge is 0.356 e. The zero-order valence-corrected chi connectivity index (χ0v) is 14.8. The van der Waals surface area contributed by atoms with Crippen molar-refractivity contribution in [2.45, 2.75) is 19.1 Å². The summed E-state index contributed by atoms with van der Waals surface area (Å²) in [7, 11) is 1.63. The molecule has 0 saturated heterocycles. The van der Waals surface area contributed by atoms with Crippen LogP contribution in [0.3, 0.4) is 0 Å². The van der Waals surface area contributed by atoms with Crippen molar-refractivity contribution in [1.29, 1.82) is 0 Å². The topological polar surface area (TPSA) is 66.6 Å². The lowest BCUT2D eigenvalue weighted by Gasteiger charge is -2.10. The quantitative estimate of drug-likeness (QED) is 0.521. The molecule has 0 bridgehead atoms. The second-order valence-corrected chi connectivity index (χ2v) is 6.87. The lowest BCUT2D eigenvalue weighted by molar-refractivity contribution is -0.140. The highest BCUT2D eigenvalue weighted by molar-refractivity contribution is 7.15. The summed E-state index contributed by atoms with van der Waals surface area (Å²) < 4.78 is 39.5. The monoisotopic (exact) mass is 388 g/mol. The Morgan fingerprint density at radius 3 is 2.80 bits per heavy atom. The Hall–Kier alpha value is -2.14. The average Bonchev–Trinajstić information content (AvgIpc) is 3.25. The van der Waals surface area contributed by atoms with E-state index in [1.54, 1.807) is 18.4 Å². The first-order valence-corrected chi connectivity index (χ1v) is 9.09. The zero-order valence-electron chi connectivity index (χ0n) is 13.2. The van der Waals surface area contributed by atoms with Gasteiger partial charge >= 0.3 is 6.18 Å². The molecule has 3 aromatic rings. The minimum absolute atomic E-state index is 0.391. The molecule has 0 aromatic carbocycles. The standard InChI is InChI=1S/C14H15F3N6S2/c1-18-12(20-6-9-7-23-4-5-24-13(23)21-9)19-3-2-11-22-10(8-25-11)14(15,16)17/h4-5,7-8H,2-3,6H2,1H3,(H2,18,19,20). The van der Waals surface area contributed by atoms with Gasteiger partial charge in [0.25, 0.3) is 0 Å². The lowest BCUT2D eigenvalue weighted by Crippen LogP contribution is -2.37. The van der Waals surface area contributed by atoms with E-state index in [4.69, 9.17) is 0 Å². The molecule has 0 amide bonds. The van der Waals surface area contributed by atoms with Crippen molar-refractivity contribution >= 4 is 33.6 Å². The van der Waals surface area contributed by atoms with Gasteiger partial charge in [0, 0.05) is 43.2 Å². The number of halogens is 3. The highest BCUT2D eigenvalue weighted by atomic mass is 32.1. The van der Waals surface area contributed by atoms with Crippen molar-refractivity contribution in [2.24, 2.45) is 4.99 Å². The number of hydrogen-bond donors (Lipinski definition) is 2. The van der Waals surface area contributed by atoms with Gasteiger partial charge in [-0.2, -0.15) is 13.2 Å². The Bertz CT molecular complexity index is 835. The Morgan fingerprint density at radius 2 is 2.12 bits per heavy atom. The first-order chi connectivity index (χ1) is 12.0. The normalized spacial score (nSPS) is 12.7. The molecule has 0 aliphatic heterocycles. The van der Waals surface area contributed by atoms with E-state index in [0.717, 1.165) is 27.4 Å². The second-order valence-electron chi connectivity index (χ2n) is 5.05. The largest absolute Gasteiger partial charge is 0.434 e. The summed E-state index contributed by atoms with van der Waals surface area (Å²) >= 11 is 2.56. The first-order valence-electron chi connectivity index (χ1n) is 7.33. The van der Waals surface area contributed by atoms with Gasteiger partial charge in [-0.05, 0) is 0 Å². The van der Waals surface area contributed by atoms with Crippen LogP contribution in [0.15, 0.2) is 28.1 Å². The minimum atomic E-state index is -4.39. The summed E-state index contributed by atoms with van der Waals surface area (Å²) in [6, 6.07) is 0. The van der Waals surface area contributed by atoms with Crippen LogP contribution in [0.1, 0.15) is 16.4 Å². The molecule has 134 valence electrons. The molecule has 0 unspecified atom stereocenters. The van der Waals surface area contributed by atoms with E-state index in [1.165, 1.54) is 0 Å². The Labute approximate surface area is 149 Å². The molecule has 0 spiro atoms. The number of aromatic nitrogens is 3. The Morgan fingerprint density at radius 1 is 1.28 bits per heavy atom. The Balaban J connectivity index is 1.46. The van der Waals surface area contributed by atoms with Crippen molar-refractivity contribution in [1.82, 2.24) is 25.0 Å². The van der Waals surface area contributed by atoms with Crippen LogP contribution in [0, 0.1) is 0 Å². The summed E-state index contributed by atoms with van der Waals surface area (Å²) in [6.45, 7) is 0.937. The fourth-order valence-electron chi connectivity index (χ4n) is 2.10. The van der Waals surface area contributed by atoms with Gasteiger partial charge in [-0.25, -0.2) is 9.97 Å². The molecule has 0 aliphatic carbocycles. The van der Waals surface area contributed by atoms with Gasteiger partial charge in [0.2, 0.25) is 0 Å². The van der Waals surface area contributed by atoms with Gasteiger partial charge < -0.3 is 10.6 Å². The van der Waals surface area contributed by atoms with Crippen LogP contribution in [0.25, 0.3) is 4.96 Å². The molecule has 2 N–H and O–H groups in total. The molecule has 0 aliphatic rings. The van der Waals surface area contributed by atoms with Crippen molar-refractivity contribution in [3.63, 3.8) is 0 Å². The van der Waals surface area contributed by atoms with Gasteiger partial charge in [0.15, 0.2) is 16.6 Å². The molecule has 25 heavy (non-hydrogen) atoms. The van der Waals surface area contributed by atoms with Gasteiger partial charge in [-0.3, -0.25) is 9.39 Å². The van der Waals surface area contributed by atoms with E-state index < -0.39 is 11.9 Å². The number of alkyl halides is 3. The molecule has 6 nitrogen and oxygen atoms in total. The fourth-order valence-corrected chi connectivity index (χ4v) is 3.62. The van der Waals surface area contributed by atoms with Crippen LogP contribution in [0.4, 0.5) is 13.2 Å². The molecule has 0 radical (unpaired) electrons. The van der Waals surface area contributed by atoms with E-state index in [2.05, 4.69) is 25.6 Å². The first kappa shape index (κ1) is 17.7. The average molecular weight is 388 g/mol. The molecule has 0 saturated carbocycles. The van der Waals surface area contributed by atoms with Crippen molar-refractivity contribution in [3.05, 3.63) is 39.5 Å². The van der Waals surface area contributed by atoms with Gasteiger partial charge in [0.05, 0.1) is 17.2 Å². The van der Waals surface area contributed by atoms with E-state index in [9.17, 15) is 13.2 Å². The van der Waals surface area contributed by atoms with Gasteiger partial charge in [0.1, 0.15) is 0 Å². The van der Waals surface area contributed by atoms with Crippen LogP contribution < -0.4 is 10.6 Å². The summed E-state index contributed by atoms with van der Waals surface area (Å²) in [5, 5.41) is 9.61. The summed E-state index contributed by atoms with van der Waals surface area (Å²) in [5.41, 5.74) is 0.0410. The van der Waals surface area contributed by atoms with Crippen LogP contribution in [0.5, 0.6) is 0 Å². The molecular formula is C14H15F3N6S2. The summed E-state index contributed by atoms with van der Waals surface area (Å²) in [6.07, 6.45) is -0.132. The summed E-state index contributed by atoms with van der Waals surface area (Å²) in [5.74, 6) is 0.559. The maximum Gasteiger partial charge on any atom is 0.434 e. The van der Waals surface area contributed by atoms with Gasteiger partial charge in [-0.15, -0.1) is 22.7 Å². The lowest BCUT2D eigenvalue weighted by atomic mass is 10.4. The highest BCUT2D eigenvalue weighted by Crippen LogP contribution is 2.29. The summed E-state index contributed by atoms with van der Waals surface area (Å²) in [4.78, 5) is 13.1. The molecule has 0 atom stereocenters. The van der Waals surface area contributed by atoms with Crippen LogP contribution in [0.2, 0.25) is 0 Å². The van der Waals surface area contributed by atoms with E-state index >= 15 is 0 Å². The number of nitrogens with zero attached hydrogens (tertiary/aromatic N) is 4. The van der Waals surface area contributed by atoms with Crippen LogP contribution in [-0.2, 0) is 19.1 Å². The van der Waals surface area contributed by atoms with Crippen LogP contribution in [-0.4, -0.2) is 33.9 Å². The number of guanidine groups is 1. The van der Waals surface area contributed by atoms with Crippen molar-refractivity contribution < 1.29 is 13.2 Å². The predicted octanol–water partition coefficient (Wildman–Crippen LogP) is 2.78.